The number of rotatable bonds is 6. The van der Waals surface area contributed by atoms with Crippen molar-refractivity contribution in [2.45, 2.75) is 39.5 Å². The minimum atomic E-state index is -0.631. The fourth-order valence-corrected chi connectivity index (χ4v) is 2.83. The van der Waals surface area contributed by atoms with Crippen LogP contribution in [0.25, 0.3) is 0 Å². The van der Waals surface area contributed by atoms with Crippen molar-refractivity contribution < 1.29 is 14.5 Å². The van der Waals surface area contributed by atoms with Crippen molar-refractivity contribution in [3.05, 3.63) is 10.1 Å². The van der Waals surface area contributed by atoms with Crippen LogP contribution in [-0.4, -0.2) is 66.0 Å². The Morgan fingerprint density at radius 1 is 1.48 bits per heavy atom. The van der Waals surface area contributed by atoms with E-state index in [-0.39, 0.29) is 12.3 Å². The highest BCUT2D eigenvalue weighted by atomic mass is 16.7. The van der Waals surface area contributed by atoms with Crippen molar-refractivity contribution in [2.24, 2.45) is 11.0 Å². The van der Waals surface area contributed by atoms with E-state index in [1.54, 1.807) is 0 Å². The molecule has 0 aromatic carbocycles. The van der Waals surface area contributed by atoms with Gasteiger partial charge in [-0.3, -0.25) is 0 Å². The summed E-state index contributed by atoms with van der Waals surface area (Å²) in [5.41, 5.74) is 0. The second-order valence-electron chi connectivity index (χ2n) is 5.79. The van der Waals surface area contributed by atoms with Crippen LogP contribution in [0.3, 0.4) is 0 Å². The molecule has 120 valence electrons. The molecular weight excluding hydrogens is 276 g/mol. The third-order valence-corrected chi connectivity index (χ3v) is 3.73. The van der Waals surface area contributed by atoms with Crippen molar-refractivity contribution in [2.75, 3.05) is 32.8 Å². The number of nitrogens with zero attached hydrogens (tertiary/aromatic N) is 4. The summed E-state index contributed by atoms with van der Waals surface area (Å²) < 4.78 is 11.1. The van der Waals surface area contributed by atoms with E-state index in [4.69, 9.17) is 9.47 Å². The maximum Gasteiger partial charge on any atom is 0.276 e. The molecule has 2 aliphatic heterocycles. The Morgan fingerprint density at radius 3 is 2.81 bits per heavy atom. The molecule has 0 aliphatic carbocycles. The van der Waals surface area contributed by atoms with Gasteiger partial charge in [0.2, 0.25) is 0 Å². The predicted octanol–water partition coefficient (Wildman–Crippen LogP) is 0.959. The summed E-state index contributed by atoms with van der Waals surface area (Å²) in [6, 6.07) is 0. The first-order valence-corrected chi connectivity index (χ1v) is 7.45. The van der Waals surface area contributed by atoms with Crippen LogP contribution in [0.4, 0.5) is 0 Å². The van der Waals surface area contributed by atoms with Crippen LogP contribution in [-0.2, 0) is 9.47 Å². The largest absolute Gasteiger partial charge is 0.381 e. The zero-order chi connectivity index (χ0) is 15.4. The van der Waals surface area contributed by atoms with E-state index in [0.717, 1.165) is 32.7 Å². The van der Waals surface area contributed by atoms with Gasteiger partial charge in [0.15, 0.2) is 5.03 Å². The molecule has 0 spiro atoms. The topological polar surface area (TPSA) is 80.4 Å². The molecule has 8 nitrogen and oxygen atoms in total. The molecule has 8 heteroatoms. The van der Waals surface area contributed by atoms with Crippen LogP contribution in [0.15, 0.2) is 5.10 Å². The van der Waals surface area contributed by atoms with Gasteiger partial charge >= 0.3 is 0 Å². The molecule has 0 saturated carbocycles. The van der Waals surface area contributed by atoms with Crippen molar-refractivity contribution in [3.63, 3.8) is 0 Å². The fourth-order valence-electron chi connectivity index (χ4n) is 2.83. The second-order valence-corrected chi connectivity index (χ2v) is 5.79. The van der Waals surface area contributed by atoms with Gasteiger partial charge < -0.3 is 19.3 Å². The lowest BCUT2D eigenvalue weighted by Gasteiger charge is -2.28. The third kappa shape index (κ3) is 4.28. The minimum Gasteiger partial charge on any atom is -0.381 e. The molecule has 2 heterocycles. The molecule has 0 N–H and O–H groups in total. The van der Waals surface area contributed by atoms with Crippen LogP contribution in [0.2, 0.25) is 0 Å². The third-order valence-electron chi connectivity index (χ3n) is 3.73. The summed E-state index contributed by atoms with van der Waals surface area (Å²) in [5, 5.41) is 13.8. The van der Waals surface area contributed by atoms with E-state index in [1.807, 2.05) is 30.6 Å². The quantitative estimate of drug-likeness (QED) is 0.537. The molecule has 21 heavy (non-hydrogen) atoms. The van der Waals surface area contributed by atoms with Gasteiger partial charge in [-0.25, -0.2) is 10.1 Å². The molecule has 2 rings (SSSR count). The highest BCUT2D eigenvalue weighted by Gasteiger charge is 2.35. The molecule has 0 amide bonds. The van der Waals surface area contributed by atoms with E-state index < -0.39 is 5.03 Å². The first-order chi connectivity index (χ1) is 9.97. The Hall–Kier alpha value is -1.41. The number of hydrogen-bond donors (Lipinski definition) is 0. The van der Waals surface area contributed by atoms with Crippen molar-refractivity contribution >= 4 is 5.96 Å². The molecule has 0 aromatic rings. The van der Waals surface area contributed by atoms with Gasteiger partial charge in [-0.1, -0.05) is 0 Å². The zero-order valence-corrected chi connectivity index (χ0v) is 12.9. The molecule has 0 radical (unpaired) electrons. The van der Waals surface area contributed by atoms with Crippen LogP contribution in [0.1, 0.15) is 27.2 Å². The monoisotopic (exact) mass is 300 g/mol. The van der Waals surface area contributed by atoms with Gasteiger partial charge in [-0.05, 0) is 27.2 Å². The highest BCUT2D eigenvalue weighted by molar-refractivity contribution is 5.81. The lowest BCUT2D eigenvalue weighted by Crippen LogP contribution is -2.43. The van der Waals surface area contributed by atoms with Gasteiger partial charge in [0.25, 0.3) is 5.96 Å². The number of nitro groups is 1. The normalized spacial score (nSPS) is 26.1. The van der Waals surface area contributed by atoms with Gasteiger partial charge in [-0.2, -0.15) is 0 Å². The van der Waals surface area contributed by atoms with E-state index in [0.29, 0.717) is 18.4 Å². The number of guanidine groups is 1. The molecule has 2 unspecified atom stereocenters. The Kier molecular flexibility index (Phi) is 5.35. The number of hydrogen-bond acceptors (Lipinski definition) is 4. The molecule has 0 bridgehead atoms. The smallest absolute Gasteiger partial charge is 0.276 e. The molecular formula is C13H24N4O4. The number of ether oxygens (including phenoxy) is 2. The van der Waals surface area contributed by atoms with E-state index >= 15 is 0 Å². The first kappa shape index (κ1) is 16.0. The van der Waals surface area contributed by atoms with Crippen LogP contribution < -0.4 is 0 Å². The Balaban J connectivity index is 2.06. The summed E-state index contributed by atoms with van der Waals surface area (Å²) in [7, 11) is 0. The maximum absolute atomic E-state index is 10.8. The van der Waals surface area contributed by atoms with Crippen LogP contribution in [0, 0.1) is 16.0 Å². The zero-order valence-electron chi connectivity index (χ0n) is 12.9. The van der Waals surface area contributed by atoms with E-state index in [9.17, 15) is 10.1 Å². The van der Waals surface area contributed by atoms with E-state index in [1.165, 1.54) is 0 Å². The predicted molar refractivity (Wildman–Crippen MR) is 77.3 cm³/mol. The van der Waals surface area contributed by atoms with Crippen LogP contribution in [0.5, 0.6) is 0 Å². The lowest BCUT2D eigenvalue weighted by atomic mass is 10.1. The van der Waals surface area contributed by atoms with E-state index in [2.05, 4.69) is 5.10 Å². The summed E-state index contributed by atoms with van der Waals surface area (Å²) in [6.45, 7) is 9.46. The Labute approximate surface area is 124 Å². The SMILES string of the molecule is CC(C)OC(C)N1CCN(CC2CCOC2)C1=N[N+](=O)[O-]. The average molecular weight is 300 g/mol. The first-order valence-electron chi connectivity index (χ1n) is 7.45. The van der Waals surface area contributed by atoms with Gasteiger partial charge in [0, 0.05) is 32.2 Å². The Morgan fingerprint density at radius 2 is 2.24 bits per heavy atom. The molecule has 2 saturated heterocycles. The Bertz CT molecular complexity index is 396. The van der Waals surface area contributed by atoms with Crippen molar-refractivity contribution in [1.29, 1.82) is 0 Å². The highest BCUT2D eigenvalue weighted by Crippen LogP contribution is 2.20. The van der Waals surface area contributed by atoms with Gasteiger partial charge in [-0.15, -0.1) is 0 Å². The summed E-state index contributed by atoms with van der Waals surface area (Å²) in [6.07, 6.45) is 0.836. The summed E-state index contributed by atoms with van der Waals surface area (Å²) in [5.74, 6) is 0.822. The molecule has 2 aliphatic rings. The van der Waals surface area contributed by atoms with Crippen molar-refractivity contribution in [3.8, 4) is 0 Å². The molecule has 2 fully saturated rings. The standard InChI is InChI=1S/C13H24N4O4/c1-10(2)21-11(3)16-6-5-15(13(16)14-17(18)19)8-12-4-7-20-9-12/h10-12H,4-9H2,1-3H3. The van der Waals surface area contributed by atoms with Crippen LogP contribution >= 0.6 is 0 Å². The summed E-state index contributed by atoms with van der Waals surface area (Å²) >= 11 is 0. The molecule has 2 atom stereocenters. The lowest BCUT2D eigenvalue weighted by molar-refractivity contribution is -0.486. The fraction of sp³-hybridized carbons (Fsp3) is 0.923. The summed E-state index contributed by atoms with van der Waals surface area (Å²) in [4.78, 5) is 14.7. The van der Waals surface area contributed by atoms with Crippen molar-refractivity contribution in [1.82, 2.24) is 9.80 Å². The minimum absolute atomic E-state index is 0.0640. The van der Waals surface area contributed by atoms with Gasteiger partial charge in [0.1, 0.15) is 11.3 Å². The maximum atomic E-state index is 10.8. The number of hydrazone groups is 1. The second kappa shape index (κ2) is 7.04. The average Bonchev–Trinajstić information content (AvgIpc) is 2.99. The molecule has 0 aromatic heterocycles. The van der Waals surface area contributed by atoms with Gasteiger partial charge in [0.05, 0.1) is 12.7 Å².